The van der Waals surface area contributed by atoms with Crippen molar-refractivity contribution in [3.8, 4) is 0 Å². The number of ether oxygens (including phenoxy) is 1. The Labute approximate surface area is 160 Å². The van der Waals surface area contributed by atoms with Crippen LogP contribution >= 0.6 is 0 Å². The van der Waals surface area contributed by atoms with Crippen LogP contribution in [-0.2, 0) is 16.1 Å². The van der Waals surface area contributed by atoms with E-state index in [4.69, 9.17) is 4.74 Å². The third kappa shape index (κ3) is 6.07. The van der Waals surface area contributed by atoms with Crippen molar-refractivity contribution in [3.05, 3.63) is 66.0 Å². The summed E-state index contributed by atoms with van der Waals surface area (Å²) in [5.41, 5.74) is 2.16. The van der Waals surface area contributed by atoms with Crippen molar-refractivity contribution in [1.29, 1.82) is 0 Å². The van der Waals surface area contributed by atoms with Crippen LogP contribution in [0.3, 0.4) is 0 Å². The van der Waals surface area contributed by atoms with Crippen molar-refractivity contribution in [3.63, 3.8) is 0 Å². The molecule has 0 aliphatic carbocycles. The maximum atomic E-state index is 13.1. The molecule has 0 atom stereocenters. The lowest BCUT2D eigenvalue weighted by molar-refractivity contribution is -0.131. The van der Waals surface area contributed by atoms with Crippen LogP contribution < -0.4 is 4.90 Å². The lowest BCUT2D eigenvalue weighted by atomic mass is 10.2. The van der Waals surface area contributed by atoms with Gasteiger partial charge >= 0.3 is 0 Å². The lowest BCUT2D eigenvalue weighted by Gasteiger charge is -2.23. The number of halogens is 1. The van der Waals surface area contributed by atoms with E-state index in [1.807, 2.05) is 35.2 Å². The fraction of sp³-hybridized carbons (Fsp3) is 0.409. The second-order valence-corrected chi connectivity index (χ2v) is 6.84. The Balaban J connectivity index is 1.37. The minimum Gasteiger partial charge on any atom is -0.377 e. The van der Waals surface area contributed by atoms with Gasteiger partial charge in [-0.3, -0.25) is 4.79 Å². The Morgan fingerprint density at radius 2 is 1.74 bits per heavy atom. The zero-order valence-corrected chi connectivity index (χ0v) is 15.6. The molecule has 1 saturated heterocycles. The molecular weight excluding hydrogens is 343 g/mol. The predicted molar refractivity (Wildman–Crippen MR) is 105 cm³/mol. The van der Waals surface area contributed by atoms with Gasteiger partial charge < -0.3 is 14.5 Å². The third-order valence-corrected chi connectivity index (χ3v) is 4.83. The number of carbonyl (C=O) groups excluding carboxylic acids is 1. The van der Waals surface area contributed by atoms with E-state index in [-0.39, 0.29) is 11.7 Å². The Kier molecular flexibility index (Phi) is 7.22. The van der Waals surface area contributed by atoms with Gasteiger partial charge in [-0.05, 0) is 42.7 Å². The van der Waals surface area contributed by atoms with Gasteiger partial charge in [0.05, 0.1) is 6.61 Å². The van der Waals surface area contributed by atoms with Gasteiger partial charge in [0.25, 0.3) is 0 Å². The van der Waals surface area contributed by atoms with E-state index in [0.29, 0.717) is 26.2 Å². The molecule has 1 aliphatic heterocycles. The van der Waals surface area contributed by atoms with Crippen molar-refractivity contribution in [2.24, 2.45) is 0 Å². The summed E-state index contributed by atoms with van der Waals surface area (Å²) >= 11 is 0. The predicted octanol–water partition coefficient (Wildman–Crippen LogP) is 3.86. The minimum absolute atomic E-state index is 0.194. The van der Waals surface area contributed by atoms with Gasteiger partial charge in [-0.25, -0.2) is 4.39 Å². The molecule has 0 bridgehead atoms. The highest BCUT2D eigenvalue weighted by Gasteiger charge is 2.19. The largest absolute Gasteiger partial charge is 0.377 e. The van der Waals surface area contributed by atoms with E-state index < -0.39 is 0 Å². The number of benzene rings is 2. The molecule has 4 nitrogen and oxygen atoms in total. The van der Waals surface area contributed by atoms with Crippen LogP contribution in [0.25, 0.3) is 0 Å². The Bertz CT molecular complexity index is 706. The van der Waals surface area contributed by atoms with Gasteiger partial charge in [0.15, 0.2) is 0 Å². The maximum absolute atomic E-state index is 13.1. The highest BCUT2D eigenvalue weighted by Crippen LogP contribution is 2.17. The number of hydrogen-bond acceptors (Lipinski definition) is 3. The molecule has 0 spiro atoms. The molecule has 5 heteroatoms. The molecular formula is C22H27FN2O2. The minimum atomic E-state index is -0.222. The number of hydrogen-bond donors (Lipinski definition) is 0. The highest BCUT2D eigenvalue weighted by molar-refractivity contribution is 5.76. The molecule has 144 valence electrons. The number of amides is 1. The normalized spacial score (nSPS) is 14.9. The molecule has 3 rings (SSSR count). The molecule has 2 aromatic rings. The first-order valence-corrected chi connectivity index (χ1v) is 9.62. The van der Waals surface area contributed by atoms with Gasteiger partial charge in [-0.1, -0.05) is 30.3 Å². The average molecular weight is 370 g/mol. The molecule has 0 N–H and O–H groups in total. The average Bonchev–Trinajstić information content (AvgIpc) is 2.95. The van der Waals surface area contributed by atoms with Gasteiger partial charge in [0.2, 0.25) is 5.91 Å². The summed E-state index contributed by atoms with van der Waals surface area (Å²) in [5.74, 6) is -0.0286. The number of nitrogens with zero attached hydrogens (tertiary/aromatic N) is 2. The summed E-state index contributed by atoms with van der Waals surface area (Å²) in [5, 5.41) is 0. The van der Waals surface area contributed by atoms with Crippen LogP contribution in [0, 0.1) is 5.82 Å². The second kappa shape index (κ2) is 10.1. The van der Waals surface area contributed by atoms with Gasteiger partial charge in [0, 0.05) is 44.9 Å². The van der Waals surface area contributed by atoms with Crippen LogP contribution in [-0.4, -0.2) is 43.6 Å². The van der Waals surface area contributed by atoms with E-state index in [9.17, 15) is 9.18 Å². The van der Waals surface area contributed by atoms with E-state index >= 15 is 0 Å². The first kappa shape index (κ1) is 19.4. The summed E-state index contributed by atoms with van der Waals surface area (Å²) in [6.45, 7) is 4.33. The van der Waals surface area contributed by atoms with Crippen molar-refractivity contribution in [2.75, 3.05) is 37.7 Å². The van der Waals surface area contributed by atoms with Crippen molar-refractivity contribution in [1.82, 2.24) is 4.90 Å². The second-order valence-electron chi connectivity index (χ2n) is 6.84. The molecule has 27 heavy (non-hydrogen) atoms. The number of anilines is 1. The van der Waals surface area contributed by atoms with Crippen LogP contribution in [0.4, 0.5) is 10.1 Å². The van der Waals surface area contributed by atoms with Gasteiger partial charge in [0.1, 0.15) is 5.82 Å². The SMILES string of the molecule is O=C(CCCOCc1ccccc1)N1CCCN(c2ccc(F)cc2)CC1. The van der Waals surface area contributed by atoms with E-state index in [2.05, 4.69) is 4.90 Å². The summed E-state index contributed by atoms with van der Waals surface area (Å²) in [4.78, 5) is 16.6. The number of carbonyl (C=O) groups is 1. The standard InChI is InChI=1S/C22H27FN2O2/c23-20-9-11-21(12-10-20)24-13-5-14-25(16-15-24)22(26)8-4-17-27-18-19-6-2-1-3-7-19/h1-3,6-7,9-12H,4-5,8,13-18H2. The molecule has 2 aromatic carbocycles. The van der Waals surface area contributed by atoms with Crippen LogP contribution in [0.2, 0.25) is 0 Å². The first-order valence-electron chi connectivity index (χ1n) is 9.62. The molecule has 1 heterocycles. The Morgan fingerprint density at radius 3 is 2.52 bits per heavy atom. The highest BCUT2D eigenvalue weighted by atomic mass is 19.1. The van der Waals surface area contributed by atoms with Crippen molar-refractivity contribution >= 4 is 11.6 Å². The molecule has 1 amide bonds. The van der Waals surface area contributed by atoms with Crippen molar-refractivity contribution in [2.45, 2.75) is 25.9 Å². The van der Waals surface area contributed by atoms with Crippen molar-refractivity contribution < 1.29 is 13.9 Å². The monoisotopic (exact) mass is 370 g/mol. The Morgan fingerprint density at radius 1 is 0.963 bits per heavy atom. The topological polar surface area (TPSA) is 32.8 Å². The third-order valence-electron chi connectivity index (χ3n) is 4.83. The summed E-state index contributed by atoms with van der Waals surface area (Å²) < 4.78 is 18.7. The number of rotatable bonds is 7. The molecule has 0 radical (unpaired) electrons. The van der Waals surface area contributed by atoms with E-state index in [1.54, 1.807) is 12.1 Å². The molecule has 0 aromatic heterocycles. The van der Waals surface area contributed by atoms with E-state index in [0.717, 1.165) is 43.7 Å². The quantitative estimate of drug-likeness (QED) is 0.694. The van der Waals surface area contributed by atoms with Crippen LogP contribution in [0.1, 0.15) is 24.8 Å². The summed E-state index contributed by atoms with van der Waals surface area (Å²) in [6, 6.07) is 16.6. The zero-order chi connectivity index (χ0) is 18.9. The fourth-order valence-corrected chi connectivity index (χ4v) is 3.32. The summed E-state index contributed by atoms with van der Waals surface area (Å²) in [6.07, 6.45) is 2.18. The Hall–Kier alpha value is -2.40. The van der Waals surface area contributed by atoms with Gasteiger partial charge in [-0.2, -0.15) is 0 Å². The molecule has 0 unspecified atom stereocenters. The lowest BCUT2D eigenvalue weighted by Crippen LogP contribution is -2.35. The maximum Gasteiger partial charge on any atom is 0.222 e. The van der Waals surface area contributed by atoms with E-state index in [1.165, 1.54) is 12.1 Å². The summed E-state index contributed by atoms with van der Waals surface area (Å²) in [7, 11) is 0. The molecule has 0 saturated carbocycles. The smallest absolute Gasteiger partial charge is 0.222 e. The molecule has 1 fully saturated rings. The van der Waals surface area contributed by atoms with Crippen LogP contribution in [0.15, 0.2) is 54.6 Å². The molecule has 1 aliphatic rings. The zero-order valence-electron chi connectivity index (χ0n) is 15.6. The van der Waals surface area contributed by atoms with Crippen LogP contribution in [0.5, 0.6) is 0 Å². The fourth-order valence-electron chi connectivity index (χ4n) is 3.32. The first-order chi connectivity index (χ1) is 13.2. The van der Waals surface area contributed by atoms with Gasteiger partial charge in [-0.15, -0.1) is 0 Å².